The molecule has 0 amide bonds. The molecule has 0 aromatic heterocycles. The third kappa shape index (κ3) is 3.32. The highest BCUT2D eigenvalue weighted by Gasteiger charge is 2.06. The van der Waals surface area contributed by atoms with Crippen LogP contribution in [0.5, 0.6) is 5.75 Å². The molecule has 0 atom stereocenters. The topological polar surface area (TPSA) is 21.3 Å². The lowest BCUT2D eigenvalue weighted by atomic mass is 10.0. The summed E-state index contributed by atoms with van der Waals surface area (Å²) in [6.45, 7) is 3.69. The quantitative estimate of drug-likeness (QED) is 0.885. The van der Waals surface area contributed by atoms with Gasteiger partial charge in [0, 0.05) is 12.1 Å². The maximum atomic E-state index is 13.3. The van der Waals surface area contributed by atoms with E-state index in [1.165, 1.54) is 6.07 Å². The second-order valence-corrected chi connectivity index (χ2v) is 4.32. The van der Waals surface area contributed by atoms with Crippen LogP contribution in [0.15, 0.2) is 42.5 Å². The van der Waals surface area contributed by atoms with Crippen LogP contribution in [0, 0.1) is 5.82 Å². The molecule has 0 unspecified atom stereocenters. The van der Waals surface area contributed by atoms with Crippen LogP contribution in [0.2, 0.25) is 0 Å². The van der Waals surface area contributed by atoms with Crippen molar-refractivity contribution in [2.45, 2.75) is 13.5 Å². The zero-order valence-corrected chi connectivity index (χ0v) is 11.2. The largest absolute Gasteiger partial charge is 0.496 e. The van der Waals surface area contributed by atoms with E-state index in [0.29, 0.717) is 0 Å². The molecular formula is C16H18FNO. The Bertz CT molecular complexity index is 554. The predicted octanol–water partition coefficient (Wildman–Crippen LogP) is 3.61. The van der Waals surface area contributed by atoms with Crippen molar-refractivity contribution in [2.24, 2.45) is 0 Å². The Morgan fingerprint density at radius 2 is 1.89 bits per heavy atom. The minimum Gasteiger partial charge on any atom is -0.496 e. The molecule has 0 aliphatic carbocycles. The summed E-state index contributed by atoms with van der Waals surface area (Å²) in [7, 11) is 1.66. The van der Waals surface area contributed by atoms with Gasteiger partial charge >= 0.3 is 0 Å². The Hall–Kier alpha value is -1.87. The van der Waals surface area contributed by atoms with Gasteiger partial charge in [0.25, 0.3) is 0 Å². The van der Waals surface area contributed by atoms with Gasteiger partial charge in [0.1, 0.15) is 11.6 Å². The molecule has 0 heterocycles. The minimum atomic E-state index is -0.221. The van der Waals surface area contributed by atoms with Gasteiger partial charge in [-0.05, 0) is 41.9 Å². The van der Waals surface area contributed by atoms with Crippen LogP contribution < -0.4 is 10.1 Å². The molecule has 2 nitrogen and oxygen atoms in total. The summed E-state index contributed by atoms with van der Waals surface area (Å²) in [6.07, 6.45) is 0. The highest BCUT2D eigenvalue weighted by atomic mass is 19.1. The highest BCUT2D eigenvalue weighted by molar-refractivity contribution is 5.65. The maximum Gasteiger partial charge on any atom is 0.123 e. The Morgan fingerprint density at radius 3 is 2.58 bits per heavy atom. The van der Waals surface area contributed by atoms with Crippen molar-refractivity contribution < 1.29 is 9.13 Å². The average Bonchev–Trinajstić information content (AvgIpc) is 2.44. The van der Waals surface area contributed by atoms with Crippen molar-refractivity contribution in [1.82, 2.24) is 5.32 Å². The average molecular weight is 259 g/mol. The van der Waals surface area contributed by atoms with E-state index in [1.54, 1.807) is 19.2 Å². The summed E-state index contributed by atoms with van der Waals surface area (Å²) < 4.78 is 18.6. The number of methoxy groups -OCH3 is 1. The molecule has 2 aromatic carbocycles. The Labute approximate surface area is 113 Å². The van der Waals surface area contributed by atoms with Gasteiger partial charge in [-0.15, -0.1) is 0 Å². The molecule has 0 aliphatic heterocycles. The third-order valence-corrected chi connectivity index (χ3v) is 3.00. The van der Waals surface area contributed by atoms with E-state index in [1.807, 2.05) is 24.3 Å². The SMILES string of the molecule is CCNCc1cc(-c2cccc(F)c2)ccc1OC. The fourth-order valence-electron chi connectivity index (χ4n) is 2.02. The molecule has 1 N–H and O–H groups in total. The van der Waals surface area contributed by atoms with Gasteiger partial charge in [-0.25, -0.2) is 4.39 Å². The zero-order valence-electron chi connectivity index (χ0n) is 11.2. The zero-order chi connectivity index (χ0) is 13.7. The maximum absolute atomic E-state index is 13.3. The van der Waals surface area contributed by atoms with E-state index in [9.17, 15) is 4.39 Å². The van der Waals surface area contributed by atoms with Gasteiger partial charge in [-0.2, -0.15) is 0 Å². The molecule has 0 aliphatic rings. The molecule has 0 saturated heterocycles. The smallest absolute Gasteiger partial charge is 0.123 e. The lowest BCUT2D eigenvalue weighted by Crippen LogP contribution is -2.12. The van der Waals surface area contributed by atoms with Crippen LogP contribution >= 0.6 is 0 Å². The first-order valence-electron chi connectivity index (χ1n) is 6.38. The van der Waals surface area contributed by atoms with Crippen molar-refractivity contribution in [3.05, 3.63) is 53.8 Å². The van der Waals surface area contributed by atoms with Crippen LogP contribution in [0.3, 0.4) is 0 Å². The van der Waals surface area contributed by atoms with Crippen molar-refractivity contribution in [3.63, 3.8) is 0 Å². The summed E-state index contributed by atoms with van der Waals surface area (Å²) in [5.74, 6) is 0.627. The molecule has 0 fully saturated rings. The van der Waals surface area contributed by atoms with Crippen molar-refractivity contribution >= 4 is 0 Å². The number of nitrogens with one attached hydrogen (secondary N) is 1. The summed E-state index contributed by atoms with van der Waals surface area (Å²) in [4.78, 5) is 0. The second kappa shape index (κ2) is 6.34. The Balaban J connectivity index is 2.36. The number of benzene rings is 2. The Kier molecular flexibility index (Phi) is 4.53. The van der Waals surface area contributed by atoms with E-state index < -0.39 is 0 Å². The number of ether oxygens (including phenoxy) is 1. The molecule has 2 rings (SSSR count). The molecule has 2 aromatic rings. The van der Waals surface area contributed by atoms with E-state index in [0.717, 1.165) is 35.5 Å². The minimum absolute atomic E-state index is 0.221. The van der Waals surface area contributed by atoms with E-state index in [-0.39, 0.29) is 5.82 Å². The first-order chi connectivity index (χ1) is 9.24. The lowest BCUT2D eigenvalue weighted by molar-refractivity contribution is 0.408. The van der Waals surface area contributed by atoms with Gasteiger partial charge in [-0.1, -0.05) is 25.1 Å². The summed E-state index contributed by atoms with van der Waals surface area (Å²) in [6, 6.07) is 12.5. The fraction of sp³-hybridized carbons (Fsp3) is 0.250. The van der Waals surface area contributed by atoms with Gasteiger partial charge < -0.3 is 10.1 Å². The summed E-state index contributed by atoms with van der Waals surface area (Å²) >= 11 is 0. The monoisotopic (exact) mass is 259 g/mol. The highest BCUT2D eigenvalue weighted by Crippen LogP contribution is 2.27. The van der Waals surface area contributed by atoms with Gasteiger partial charge in [-0.3, -0.25) is 0 Å². The Morgan fingerprint density at radius 1 is 1.11 bits per heavy atom. The van der Waals surface area contributed by atoms with Crippen LogP contribution in [-0.4, -0.2) is 13.7 Å². The van der Waals surface area contributed by atoms with Crippen molar-refractivity contribution in [3.8, 4) is 16.9 Å². The lowest BCUT2D eigenvalue weighted by Gasteiger charge is -2.11. The molecule has 0 spiro atoms. The standard InChI is InChI=1S/C16H18FNO/c1-3-18-11-14-9-13(7-8-16(14)19-2)12-5-4-6-15(17)10-12/h4-10,18H,3,11H2,1-2H3. The number of hydrogen-bond acceptors (Lipinski definition) is 2. The molecule has 3 heteroatoms. The predicted molar refractivity (Wildman–Crippen MR) is 75.8 cm³/mol. The van der Waals surface area contributed by atoms with Crippen LogP contribution in [0.25, 0.3) is 11.1 Å². The van der Waals surface area contributed by atoms with Gasteiger partial charge in [0.05, 0.1) is 7.11 Å². The van der Waals surface area contributed by atoms with E-state index in [2.05, 4.69) is 12.2 Å². The first kappa shape index (κ1) is 13.6. The third-order valence-electron chi connectivity index (χ3n) is 3.00. The van der Waals surface area contributed by atoms with Gasteiger partial charge in [0.15, 0.2) is 0 Å². The molecule has 0 radical (unpaired) electrons. The van der Waals surface area contributed by atoms with Crippen LogP contribution in [0.1, 0.15) is 12.5 Å². The molecule has 19 heavy (non-hydrogen) atoms. The summed E-state index contributed by atoms with van der Waals surface area (Å²) in [5, 5.41) is 3.28. The van der Waals surface area contributed by atoms with Crippen molar-refractivity contribution in [2.75, 3.05) is 13.7 Å². The molecule has 100 valence electrons. The molecule has 0 saturated carbocycles. The number of hydrogen-bond donors (Lipinski definition) is 1. The fourth-order valence-corrected chi connectivity index (χ4v) is 2.02. The summed E-state index contributed by atoms with van der Waals surface area (Å²) in [5.41, 5.74) is 2.94. The normalized spacial score (nSPS) is 10.5. The molecule has 0 bridgehead atoms. The second-order valence-electron chi connectivity index (χ2n) is 4.32. The van der Waals surface area contributed by atoms with E-state index in [4.69, 9.17) is 4.74 Å². The number of halogens is 1. The molecular weight excluding hydrogens is 241 g/mol. The van der Waals surface area contributed by atoms with Gasteiger partial charge in [0.2, 0.25) is 0 Å². The first-order valence-corrected chi connectivity index (χ1v) is 6.38. The van der Waals surface area contributed by atoms with Crippen molar-refractivity contribution in [1.29, 1.82) is 0 Å². The number of rotatable bonds is 5. The van der Waals surface area contributed by atoms with Crippen LogP contribution in [-0.2, 0) is 6.54 Å². The van der Waals surface area contributed by atoms with E-state index >= 15 is 0 Å². The van der Waals surface area contributed by atoms with Crippen LogP contribution in [0.4, 0.5) is 4.39 Å².